The molecule has 1 saturated carbocycles. The van der Waals surface area contributed by atoms with E-state index < -0.39 is 0 Å². The molecule has 1 aliphatic carbocycles. The lowest BCUT2D eigenvalue weighted by Gasteiger charge is -2.39. The number of nitrogens with one attached hydrogen (secondary N) is 1. The lowest BCUT2D eigenvalue weighted by molar-refractivity contribution is -0.0498. The second kappa shape index (κ2) is 5.71. The van der Waals surface area contributed by atoms with Gasteiger partial charge in [0.05, 0.1) is 12.2 Å². The summed E-state index contributed by atoms with van der Waals surface area (Å²) < 4.78 is 5.95. The van der Waals surface area contributed by atoms with Gasteiger partial charge in [-0.1, -0.05) is 20.3 Å². The predicted molar refractivity (Wildman–Crippen MR) is 78.4 cm³/mol. The van der Waals surface area contributed by atoms with E-state index in [0.29, 0.717) is 17.6 Å². The third-order valence-electron chi connectivity index (χ3n) is 4.97. The Hall–Kier alpha value is -0.120. The molecular weight excluding hydrogens is 236 g/mol. The summed E-state index contributed by atoms with van der Waals surface area (Å²) in [5.74, 6) is 0. The quantitative estimate of drug-likeness (QED) is 0.766. The zero-order valence-electron chi connectivity index (χ0n) is 12.7. The van der Waals surface area contributed by atoms with Crippen LogP contribution in [0.2, 0.25) is 0 Å². The fourth-order valence-electron chi connectivity index (χ4n) is 3.87. The van der Waals surface area contributed by atoms with Crippen molar-refractivity contribution >= 4 is 0 Å². The molecule has 0 aromatic carbocycles. The fraction of sp³-hybridized carbons (Fsp3) is 1.00. The molecule has 3 rings (SSSR count). The van der Waals surface area contributed by atoms with Gasteiger partial charge in [0.1, 0.15) is 0 Å². The molecule has 3 heteroatoms. The van der Waals surface area contributed by atoms with Crippen LogP contribution in [0.5, 0.6) is 0 Å². The zero-order valence-corrected chi connectivity index (χ0v) is 12.7. The second-order valence-electron chi connectivity index (χ2n) is 7.37. The summed E-state index contributed by atoms with van der Waals surface area (Å²) in [7, 11) is 0. The van der Waals surface area contributed by atoms with Crippen LogP contribution in [-0.4, -0.2) is 49.3 Å². The largest absolute Gasteiger partial charge is 0.372 e. The van der Waals surface area contributed by atoms with E-state index in [9.17, 15) is 0 Å². The Bertz CT molecular complexity index is 293. The molecule has 2 saturated heterocycles. The molecule has 2 heterocycles. The molecule has 110 valence electrons. The van der Waals surface area contributed by atoms with E-state index in [-0.39, 0.29) is 0 Å². The van der Waals surface area contributed by atoms with E-state index in [1.165, 1.54) is 64.7 Å². The third-order valence-corrected chi connectivity index (χ3v) is 4.97. The number of hydrogen-bond donors (Lipinski definition) is 1. The Labute approximate surface area is 118 Å². The average Bonchev–Trinajstić information content (AvgIpc) is 3.13. The van der Waals surface area contributed by atoms with Crippen LogP contribution >= 0.6 is 0 Å². The molecule has 0 aromatic rings. The van der Waals surface area contributed by atoms with Gasteiger partial charge in [-0.15, -0.1) is 0 Å². The van der Waals surface area contributed by atoms with Crippen molar-refractivity contribution in [1.29, 1.82) is 0 Å². The highest BCUT2D eigenvalue weighted by atomic mass is 16.5. The summed E-state index contributed by atoms with van der Waals surface area (Å²) in [5.41, 5.74) is 0.439. The Balaban J connectivity index is 1.53. The molecule has 3 aliphatic rings. The maximum absolute atomic E-state index is 5.95. The molecule has 19 heavy (non-hydrogen) atoms. The van der Waals surface area contributed by atoms with Crippen LogP contribution in [0.4, 0.5) is 0 Å². The van der Waals surface area contributed by atoms with Gasteiger partial charge in [0.25, 0.3) is 0 Å². The van der Waals surface area contributed by atoms with E-state index in [4.69, 9.17) is 4.74 Å². The van der Waals surface area contributed by atoms with Gasteiger partial charge in [-0.05, 0) is 37.5 Å². The van der Waals surface area contributed by atoms with Gasteiger partial charge in [-0.2, -0.15) is 0 Å². The summed E-state index contributed by atoms with van der Waals surface area (Å²) >= 11 is 0. The summed E-state index contributed by atoms with van der Waals surface area (Å²) in [4.78, 5) is 2.68. The topological polar surface area (TPSA) is 24.5 Å². The van der Waals surface area contributed by atoms with Crippen molar-refractivity contribution in [1.82, 2.24) is 10.2 Å². The molecule has 3 fully saturated rings. The molecule has 0 aromatic heterocycles. The number of morpholine rings is 1. The first-order valence-corrected chi connectivity index (χ1v) is 8.28. The predicted octanol–water partition coefficient (Wildman–Crippen LogP) is 2.41. The van der Waals surface area contributed by atoms with Gasteiger partial charge < -0.3 is 10.1 Å². The maximum Gasteiger partial charge on any atom is 0.0707 e. The summed E-state index contributed by atoms with van der Waals surface area (Å²) in [6.45, 7) is 9.56. The molecule has 3 nitrogen and oxygen atoms in total. The molecule has 3 unspecified atom stereocenters. The minimum atomic E-state index is 0.439. The van der Waals surface area contributed by atoms with Crippen LogP contribution in [0.1, 0.15) is 52.4 Å². The third kappa shape index (κ3) is 3.71. The van der Waals surface area contributed by atoms with Gasteiger partial charge in [-0.25, -0.2) is 0 Å². The number of rotatable bonds is 7. The van der Waals surface area contributed by atoms with Crippen LogP contribution in [0.25, 0.3) is 0 Å². The Morgan fingerprint density at radius 1 is 1.16 bits per heavy atom. The number of likely N-dealkylation sites (tertiary alicyclic amines) is 1. The van der Waals surface area contributed by atoms with Gasteiger partial charge in [0.15, 0.2) is 0 Å². The van der Waals surface area contributed by atoms with Gasteiger partial charge in [0.2, 0.25) is 0 Å². The average molecular weight is 266 g/mol. The summed E-state index contributed by atoms with van der Waals surface area (Å²) in [6.07, 6.45) is 9.03. The number of ether oxygens (including phenoxy) is 1. The van der Waals surface area contributed by atoms with Crippen LogP contribution in [0.15, 0.2) is 0 Å². The standard InChI is InChI=1S/C16H30N2O/c1-3-8-16(2,11-17-13-4-5-13)12-18-9-14-6-7-15(10-18)19-14/h13-15,17H,3-12H2,1-2H3. The van der Waals surface area contributed by atoms with Crippen molar-refractivity contribution in [2.45, 2.75) is 70.6 Å². The molecule has 2 bridgehead atoms. The van der Waals surface area contributed by atoms with Crippen LogP contribution in [0, 0.1) is 5.41 Å². The van der Waals surface area contributed by atoms with E-state index in [1.807, 2.05) is 0 Å². The molecule has 3 atom stereocenters. The molecule has 0 amide bonds. The van der Waals surface area contributed by atoms with E-state index in [2.05, 4.69) is 24.1 Å². The lowest BCUT2D eigenvalue weighted by Crippen LogP contribution is -2.49. The van der Waals surface area contributed by atoms with Gasteiger partial charge >= 0.3 is 0 Å². The number of hydrogen-bond acceptors (Lipinski definition) is 3. The maximum atomic E-state index is 5.95. The monoisotopic (exact) mass is 266 g/mol. The zero-order chi connectivity index (χ0) is 13.3. The fourth-order valence-corrected chi connectivity index (χ4v) is 3.87. The van der Waals surface area contributed by atoms with Crippen LogP contribution < -0.4 is 5.32 Å². The smallest absolute Gasteiger partial charge is 0.0707 e. The minimum absolute atomic E-state index is 0.439. The first-order chi connectivity index (χ1) is 9.17. The Morgan fingerprint density at radius 2 is 1.84 bits per heavy atom. The normalized spacial score (nSPS) is 34.4. The van der Waals surface area contributed by atoms with Crippen LogP contribution in [0.3, 0.4) is 0 Å². The minimum Gasteiger partial charge on any atom is -0.372 e. The van der Waals surface area contributed by atoms with Crippen molar-refractivity contribution in [2.75, 3.05) is 26.2 Å². The molecule has 0 radical (unpaired) electrons. The van der Waals surface area contributed by atoms with E-state index in [0.717, 1.165) is 6.04 Å². The van der Waals surface area contributed by atoms with Crippen molar-refractivity contribution < 1.29 is 4.74 Å². The van der Waals surface area contributed by atoms with Crippen molar-refractivity contribution in [3.05, 3.63) is 0 Å². The SMILES string of the molecule is CCCC(C)(CNC1CC1)CN1CC2CCC(C1)O2. The summed E-state index contributed by atoms with van der Waals surface area (Å²) in [6, 6.07) is 0.831. The van der Waals surface area contributed by atoms with Gasteiger partial charge in [-0.3, -0.25) is 4.90 Å². The first-order valence-electron chi connectivity index (χ1n) is 8.28. The molecule has 2 aliphatic heterocycles. The molecule has 0 spiro atoms. The van der Waals surface area contributed by atoms with Crippen molar-refractivity contribution in [2.24, 2.45) is 5.41 Å². The van der Waals surface area contributed by atoms with E-state index >= 15 is 0 Å². The Kier molecular flexibility index (Phi) is 4.16. The highest BCUT2D eigenvalue weighted by molar-refractivity contribution is 4.91. The van der Waals surface area contributed by atoms with E-state index in [1.54, 1.807) is 0 Å². The first kappa shape index (κ1) is 13.8. The molecule has 1 N–H and O–H groups in total. The second-order valence-corrected chi connectivity index (χ2v) is 7.37. The summed E-state index contributed by atoms with van der Waals surface area (Å²) in [5, 5.41) is 3.75. The van der Waals surface area contributed by atoms with Crippen molar-refractivity contribution in [3.8, 4) is 0 Å². The van der Waals surface area contributed by atoms with Gasteiger partial charge in [0, 0.05) is 32.2 Å². The van der Waals surface area contributed by atoms with Crippen molar-refractivity contribution in [3.63, 3.8) is 0 Å². The highest BCUT2D eigenvalue weighted by Crippen LogP contribution is 2.31. The lowest BCUT2D eigenvalue weighted by atomic mass is 9.84. The number of nitrogens with zero attached hydrogens (tertiary/aromatic N) is 1. The molecular formula is C16H30N2O. The number of fused-ring (bicyclic) bond motifs is 2. The Morgan fingerprint density at radius 3 is 2.42 bits per heavy atom. The highest BCUT2D eigenvalue weighted by Gasteiger charge is 2.37. The van der Waals surface area contributed by atoms with Crippen LogP contribution in [-0.2, 0) is 4.74 Å².